The van der Waals surface area contributed by atoms with Crippen LogP contribution in [0.3, 0.4) is 0 Å². The molecule has 2 rings (SSSR count). The number of para-hydroxylation sites is 1. The molecule has 0 aliphatic carbocycles. The van der Waals surface area contributed by atoms with Gasteiger partial charge in [-0.05, 0) is 37.3 Å². The number of amides is 2. The third-order valence-corrected chi connectivity index (χ3v) is 6.77. The van der Waals surface area contributed by atoms with Crippen LogP contribution < -0.4 is 9.62 Å². The number of fused-ring (bicyclic) bond motifs is 1. The number of nitrogens with zero attached hydrogens (tertiary/aromatic N) is 2. The largest absolute Gasteiger partial charge is 0.355 e. The van der Waals surface area contributed by atoms with Crippen LogP contribution in [0.4, 0.5) is 5.69 Å². The third-order valence-electron chi connectivity index (χ3n) is 5.00. The minimum atomic E-state index is -3.47. The molecule has 0 radical (unpaired) electrons. The first-order valence-electron chi connectivity index (χ1n) is 10.5. The first-order chi connectivity index (χ1) is 13.9. The summed E-state index contributed by atoms with van der Waals surface area (Å²) in [5.41, 5.74) is 1.77. The van der Waals surface area contributed by atoms with Crippen LogP contribution in [0.1, 0.15) is 51.5 Å². The summed E-state index contributed by atoms with van der Waals surface area (Å²) in [5, 5.41) is 2.67. The van der Waals surface area contributed by atoms with Gasteiger partial charge < -0.3 is 10.2 Å². The van der Waals surface area contributed by atoms with Crippen LogP contribution in [0.5, 0.6) is 0 Å². The van der Waals surface area contributed by atoms with Crippen molar-refractivity contribution < 1.29 is 18.0 Å². The summed E-state index contributed by atoms with van der Waals surface area (Å²) < 4.78 is 26.6. The predicted molar refractivity (Wildman–Crippen MR) is 115 cm³/mol. The van der Waals surface area contributed by atoms with E-state index in [9.17, 15) is 18.0 Å². The quantitative estimate of drug-likeness (QED) is 0.559. The molecule has 0 spiro atoms. The maximum atomic E-state index is 12.6. The van der Waals surface area contributed by atoms with Gasteiger partial charge in [-0.25, -0.2) is 8.42 Å². The SMILES string of the molecule is CCCN(CCC)C(=O)CCCC(=O)NCCS(=O)(=O)N1CCc2ccccc21. The second-order valence-electron chi connectivity index (χ2n) is 7.35. The van der Waals surface area contributed by atoms with Crippen molar-refractivity contribution in [1.29, 1.82) is 0 Å². The average Bonchev–Trinajstić information content (AvgIpc) is 3.12. The molecule has 0 bridgehead atoms. The molecule has 0 atom stereocenters. The van der Waals surface area contributed by atoms with Gasteiger partial charge in [0.25, 0.3) is 0 Å². The van der Waals surface area contributed by atoms with Crippen LogP contribution in [0.25, 0.3) is 0 Å². The fourth-order valence-electron chi connectivity index (χ4n) is 3.57. The molecule has 0 aromatic heterocycles. The molecule has 29 heavy (non-hydrogen) atoms. The lowest BCUT2D eigenvalue weighted by molar-refractivity contribution is -0.131. The molecule has 1 aliphatic heterocycles. The molecular weight excluding hydrogens is 390 g/mol. The van der Waals surface area contributed by atoms with Gasteiger partial charge in [0.15, 0.2) is 0 Å². The van der Waals surface area contributed by atoms with Gasteiger partial charge in [0.05, 0.1) is 11.4 Å². The van der Waals surface area contributed by atoms with Crippen LogP contribution in [-0.2, 0) is 26.0 Å². The van der Waals surface area contributed by atoms with E-state index in [4.69, 9.17) is 0 Å². The van der Waals surface area contributed by atoms with Crippen molar-refractivity contribution in [1.82, 2.24) is 10.2 Å². The fourth-order valence-corrected chi connectivity index (χ4v) is 5.00. The van der Waals surface area contributed by atoms with E-state index in [0.29, 0.717) is 25.8 Å². The molecule has 0 fully saturated rings. The summed E-state index contributed by atoms with van der Waals surface area (Å²) in [5.74, 6) is -0.267. The number of carbonyl (C=O) groups excluding carboxylic acids is 2. The molecule has 0 saturated heterocycles. The van der Waals surface area contributed by atoms with Gasteiger partial charge >= 0.3 is 0 Å². The molecule has 1 N–H and O–H groups in total. The summed E-state index contributed by atoms with van der Waals surface area (Å²) in [7, 11) is -3.47. The summed E-state index contributed by atoms with van der Waals surface area (Å²) in [6.07, 6.45) is 3.59. The van der Waals surface area contributed by atoms with Gasteiger partial charge in [0, 0.05) is 39.0 Å². The number of nitrogens with one attached hydrogen (secondary N) is 1. The van der Waals surface area contributed by atoms with Gasteiger partial charge in [0.2, 0.25) is 21.8 Å². The Morgan fingerprint density at radius 3 is 2.48 bits per heavy atom. The number of sulfonamides is 1. The molecule has 1 aromatic carbocycles. The van der Waals surface area contributed by atoms with Crippen molar-refractivity contribution in [2.24, 2.45) is 0 Å². The highest BCUT2D eigenvalue weighted by molar-refractivity contribution is 7.92. The second-order valence-corrected chi connectivity index (χ2v) is 9.36. The van der Waals surface area contributed by atoms with E-state index in [-0.39, 0.29) is 30.5 Å². The van der Waals surface area contributed by atoms with Crippen molar-refractivity contribution in [3.05, 3.63) is 29.8 Å². The standard InChI is InChI=1S/C21H33N3O4S/c1-3-14-23(15-4-2)21(26)11-7-10-20(25)22-13-17-29(27,28)24-16-12-18-8-5-6-9-19(18)24/h5-6,8-9H,3-4,7,10-17H2,1-2H3,(H,22,25). The van der Waals surface area contributed by atoms with Crippen LogP contribution in [0.15, 0.2) is 24.3 Å². The van der Waals surface area contributed by atoms with Gasteiger partial charge in [-0.1, -0.05) is 32.0 Å². The lowest BCUT2D eigenvalue weighted by Crippen LogP contribution is -2.37. The minimum Gasteiger partial charge on any atom is -0.355 e. The lowest BCUT2D eigenvalue weighted by atomic mass is 10.2. The molecule has 8 heteroatoms. The zero-order valence-corrected chi connectivity index (χ0v) is 18.3. The Morgan fingerprint density at radius 2 is 1.79 bits per heavy atom. The van der Waals surface area contributed by atoms with Crippen molar-refractivity contribution in [3.63, 3.8) is 0 Å². The van der Waals surface area contributed by atoms with Gasteiger partial charge in [-0.2, -0.15) is 0 Å². The van der Waals surface area contributed by atoms with Crippen molar-refractivity contribution in [2.75, 3.05) is 36.2 Å². The Hall–Kier alpha value is -2.09. The normalized spacial score (nSPS) is 13.2. The summed E-state index contributed by atoms with van der Waals surface area (Å²) in [6, 6.07) is 7.49. The molecule has 1 aromatic rings. The number of carbonyl (C=O) groups is 2. The summed E-state index contributed by atoms with van der Waals surface area (Å²) in [6.45, 7) is 6.10. The van der Waals surface area contributed by atoms with Crippen LogP contribution in [0, 0.1) is 0 Å². The monoisotopic (exact) mass is 423 g/mol. The number of rotatable bonds is 12. The van der Waals surface area contributed by atoms with Crippen LogP contribution in [-0.4, -0.2) is 57.1 Å². The van der Waals surface area contributed by atoms with E-state index in [1.54, 1.807) is 0 Å². The molecule has 0 unspecified atom stereocenters. The zero-order valence-electron chi connectivity index (χ0n) is 17.5. The maximum Gasteiger partial charge on any atom is 0.236 e. The molecule has 2 amide bonds. The van der Waals surface area contributed by atoms with Crippen LogP contribution in [0.2, 0.25) is 0 Å². The Balaban J connectivity index is 1.71. The fraction of sp³-hybridized carbons (Fsp3) is 0.619. The number of anilines is 1. The Bertz CT molecular complexity index is 789. The Morgan fingerprint density at radius 1 is 1.10 bits per heavy atom. The molecule has 0 saturated carbocycles. The third kappa shape index (κ3) is 6.73. The zero-order chi connectivity index (χ0) is 21.3. The van der Waals surface area contributed by atoms with Gasteiger partial charge in [-0.15, -0.1) is 0 Å². The van der Waals surface area contributed by atoms with Gasteiger partial charge in [0.1, 0.15) is 0 Å². The van der Waals surface area contributed by atoms with Crippen molar-refractivity contribution in [2.45, 2.75) is 52.4 Å². The average molecular weight is 424 g/mol. The molecule has 162 valence electrons. The van der Waals surface area contributed by atoms with Crippen molar-refractivity contribution >= 4 is 27.5 Å². The number of benzene rings is 1. The highest BCUT2D eigenvalue weighted by Gasteiger charge is 2.28. The summed E-state index contributed by atoms with van der Waals surface area (Å²) >= 11 is 0. The van der Waals surface area contributed by atoms with E-state index < -0.39 is 10.0 Å². The van der Waals surface area contributed by atoms with E-state index in [0.717, 1.165) is 37.2 Å². The minimum absolute atomic E-state index is 0.0750. The predicted octanol–water partition coefficient (Wildman–Crippen LogP) is 2.31. The Kier molecular flexibility index (Phi) is 8.95. The molecule has 1 aliphatic rings. The number of hydrogen-bond acceptors (Lipinski definition) is 4. The molecular formula is C21H33N3O4S. The van der Waals surface area contributed by atoms with E-state index >= 15 is 0 Å². The summed E-state index contributed by atoms with van der Waals surface area (Å²) in [4.78, 5) is 26.1. The highest BCUT2D eigenvalue weighted by Crippen LogP contribution is 2.29. The van der Waals surface area contributed by atoms with E-state index in [2.05, 4.69) is 5.32 Å². The maximum absolute atomic E-state index is 12.6. The van der Waals surface area contributed by atoms with E-state index in [1.165, 1.54) is 4.31 Å². The second kappa shape index (κ2) is 11.2. The molecule has 1 heterocycles. The van der Waals surface area contributed by atoms with Crippen LogP contribution >= 0.6 is 0 Å². The Labute approximate surface area is 174 Å². The first kappa shape index (κ1) is 23.2. The molecule has 7 nitrogen and oxygen atoms in total. The lowest BCUT2D eigenvalue weighted by Gasteiger charge is -2.21. The first-order valence-corrected chi connectivity index (χ1v) is 12.1. The van der Waals surface area contributed by atoms with E-state index in [1.807, 2.05) is 43.0 Å². The number of hydrogen-bond donors (Lipinski definition) is 1. The topological polar surface area (TPSA) is 86.8 Å². The smallest absolute Gasteiger partial charge is 0.236 e. The van der Waals surface area contributed by atoms with Crippen molar-refractivity contribution in [3.8, 4) is 0 Å². The van der Waals surface area contributed by atoms with Gasteiger partial charge in [-0.3, -0.25) is 13.9 Å². The highest BCUT2D eigenvalue weighted by atomic mass is 32.2.